The zero-order valence-corrected chi connectivity index (χ0v) is 14.9. The lowest BCUT2D eigenvalue weighted by Gasteiger charge is -2.26. The molecule has 0 saturated carbocycles. The zero-order valence-electron chi connectivity index (χ0n) is 14.1. The van der Waals surface area contributed by atoms with E-state index < -0.39 is 10.0 Å². The molecule has 2 heterocycles. The Morgan fingerprint density at radius 1 is 1.32 bits per heavy atom. The van der Waals surface area contributed by atoms with Crippen LogP contribution in [0.5, 0.6) is 0 Å². The Kier molecular flexibility index (Phi) is 5.07. The summed E-state index contributed by atoms with van der Waals surface area (Å²) in [6, 6.07) is 6.13. The van der Waals surface area contributed by atoms with Crippen LogP contribution in [0.15, 0.2) is 29.2 Å². The number of hydrogen-bond donors (Lipinski definition) is 2. The van der Waals surface area contributed by atoms with Gasteiger partial charge in [-0.2, -0.15) is 4.31 Å². The van der Waals surface area contributed by atoms with Crippen molar-refractivity contribution in [1.82, 2.24) is 19.8 Å². The predicted molar refractivity (Wildman–Crippen MR) is 91.6 cm³/mol. The van der Waals surface area contributed by atoms with Gasteiger partial charge in [0.15, 0.2) is 0 Å². The van der Waals surface area contributed by atoms with Gasteiger partial charge in [0.25, 0.3) is 5.91 Å². The lowest BCUT2D eigenvalue weighted by Crippen LogP contribution is -2.49. The molecule has 2 aliphatic heterocycles. The first-order chi connectivity index (χ1) is 11.9. The van der Waals surface area contributed by atoms with Crippen molar-refractivity contribution in [2.75, 3.05) is 39.8 Å². The SMILES string of the molecule is CN(C(=O)c1cccc(S(=O)(=O)N2CCNC(=O)C2)c1)C1CCNC1. The number of rotatable bonds is 4. The minimum absolute atomic E-state index is 0.0333. The van der Waals surface area contributed by atoms with E-state index in [-0.39, 0.29) is 42.4 Å². The fourth-order valence-electron chi connectivity index (χ4n) is 3.10. The molecule has 1 unspecified atom stereocenters. The average molecular weight is 366 g/mol. The zero-order chi connectivity index (χ0) is 18.0. The molecule has 0 radical (unpaired) electrons. The highest BCUT2D eigenvalue weighted by Gasteiger charge is 2.30. The number of nitrogens with zero attached hydrogens (tertiary/aromatic N) is 2. The van der Waals surface area contributed by atoms with Crippen molar-refractivity contribution in [2.24, 2.45) is 0 Å². The number of carbonyl (C=O) groups is 2. The minimum atomic E-state index is -3.81. The van der Waals surface area contributed by atoms with Gasteiger partial charge in [0.1, 0.15) is 0 Å². The largest absolute Gasteiger partial charge is 0.354 e. The van der Waals surface area contributed by atoms with Crippen LogP contribution < -0.4 is 10.6 Å². The molecule has 1 aromatic rings. The van der Waals surface area contributed by atoms with Crippen LogP contribution in [0.4, 0.5) is 0 Å². The standard InChI is InChI=1S/C16H22N4O4S/c1-19(13-5-6-17-10-13)16(22)12-3-2-4-14(9-12)25(23,24)20-8-7-18-15(21)11-20/h2-4,9,13,17H,5-8,10-11H2,1H3,(H,18,21). The van der Waals surface area contributed by atoms with Crippen LogP contribution >= 0.6 is 0 Å². The number of carbonyl (C=O) groups excluding carboxylic acids is 2. The van der Waals surface area contributed by atoms with Gasteiger partial charge in [0.2, 0.25) is 15.9 Å². The maximum absolute atomic E-state index is 12.7. The molecule has 1 aromatic carbocycles. The molecule has 0 aliphatic carbocycles. The molecule has 0 aromatic heterocycles. The van der Waals surface area contributed by atoms with Gasteiger partial charge in [-0.15, -0.1) is 0 Å². The highest BCUT2D eigenvalue weighted by atomic mass is 32.2. The first-order valence-electron chi connectivity index (χ1n) is 8.24. The van der Waals surface area contributed by atoms with Crippen LogP contribution in [0, 0.1) is 0 Å². The summed E-state index contributed by atoms with van der Waals surface area (Å²) in [6.45, 7) is 1.92. The second-order valence-electron chi connectivity index (χ2n) is 6.28. The number of sulfonamides is 1. The molecule has 136 valence electrons. The highest BCUT2D eigenvalue weighted by Crippen LogP contribution is 2.19. The average Bonchev–Trinajstić information content (AvgIpc) is 3.15. The van der Waals surface area contributed by atoms with E-state index in [0.717, 1.165) is 23.8 Å². The third-order valence-electron chi connectivity index (χ3n) is 4.62. The molecule has 2 amide bonds. The fourth-order valence-corrected chi connectivity index (χ4v) is 4.54. The molecule has 2 aliphatic rings. The Bertz CT molecular complexity index is 774. The summed E-state index contributed by atoms with van der Waals surface area (Å²) in [4.78, 5) is 25.8. The van der Waals surface area contributed by atoms with E-state index in [9.17, 15) is 18.0 Å². The van der Waals surface area contributed by atoms with E-state index in [1.54, 1.807) is 24.1 Å². The Labute approximate surface area is 147 Å². The van der Waals surface area contributed by atoms with Crippen LogP contribution in [-0.4, -0.2) is 75.3 Å². The second-order valence-corrected chi connectivity index (χ2v) is 8.22. The smallest absolute Gasteiger partial charge is 0.253 e. The lowest BCUT2D eigenvalue weighted by atomic mass is 10.1. The van der Waals surface area contributed by atoms with Crippen molar-refractivity contribution in [1.29, 1.82) is 0 Å². The fraction of sp³-hybridized carbons (Fsp3) is 0.500. The van der Waals surface area contributed by atoms with E-state index in [0.29, 0.717) is 5.56 Å². The molecule has 0 bridgehead atoms. The molecule has 0 spiro atoms. The summed E-state index contributed by atoms with van der Waals surface area (Å²) in [5, 5.41) is 5.81. The van der Waals surface area contributed by atoms with E-state index >= 15 is 0 Å². The van der Waals surface area contributed by atoms with E-state index in [2.05, 4.69) is 10.6 Å². The Balaban J connectivity index is 1.83. The quantitative estimate of drug-likeness (QED) is 0.730. The highest BCUT2D eigenvalue weighted by molar-refractivity contribution is 7.89. The maximum atomic E-state index is 12.7. The normalized spacial score (nSPS) is 21.8. The van der Waals surface area contributed by atoms with Crippen LogP contribution in [0.1, 0.15) is 16.8 Å². The molecule has 25 heavy (non-hydrogen) atoms. The number of likely N-dealkylation sites (N-methyl/N-ethyl adjacent to an activating group) is 1. The van der Waals surface area contributed by atoms with Gasteiger partial charge in [0, 0.05) is 38.3 Å². The van der Waals surface area contributed by atoms with Crippen LogP contribution in [-0.2, 0) is 14.8 Å². The van der Waals surface area contributed by atoms with Gasteiger partial charge in [-0.1, -0.05) is 6.07 Å². The topological polar surface area (TPSA) is 98.8 Å². The molecular formula is C16H22N4O4S. The summed E-state index contributed by atoms with van der Waals surface area (Å²) in [6.07, 6.45) is 0.878. The lowest BCUT2D eigenvalue weighted by molar-refractivity contribution is -0.122. The molecule has 2 fully saturated rings. The van der Waals surface area contributed by atoms with Crippen molar-refractivity contribution >= 4 is 21.8 Å². The van der Waals surface area contributed by atoms with Crippen molar-refractivity contribution in [3.05, 3.63) is 29.8 Å². The Morgan fingerprint density at radius 2 is 2.12 bits per heavy atom. The molecule has 8 nitrogen and oxygen atoms in total. The second kappa shape index (κ2) is 7.11. The van der Waals surface area contributed by atoms with Crippen molar-refractivity contribution in [3.8, 4) is 0 Å². The molecule has 2 saturated heterocycles. The van der Waals surface area contributed by atoms with Gasteiger partial charge < -0.3 is 15.5 Å². The van der Waals surface area contributed by atoms with E-state index in [1.807, 2.05) is 0 Å². The number of piperazine rings is 1. The van der Waals surface area contributed by atoms with Crippen molar-refractivity contribution in [2.45, 2.75) is 17.4 Å². The van der Waals surface area contributed by atoms with Crippen LogP contribution in [0.3, 0.4) is 0 Å². The van der Waals surface area contributed by atoms with Crippen molar-refractivity contribution < 1.29 is 18.0 Å². The summed E-state index contributed by atoms with van der Waals surface area (Å²) < 4.78 is 26.6. The first-order valence-corrected chi connectivity index (χ1v) is 9.68. The van der Waals surface area contributed by atoms with Gasteiger partial charge in [-0.25, -0.2) is 8.42 Å². The van der Waals surface area contributed by atoms with Crippen LogP contribution in [0.25, 0.3) is 0 Å². The minimum Gasteiger partial charge on any atom is -0.354 e. The third-order valence-corrected chi connectivity index (χ3v) is 6.47. The summed E-state index contributed by atoms with van der Waals surface area (Å²) >= 11 is 0. The molecule has 2 N–H and O–H groups in total. The molecule has 3 rings (SSSR count). The number of hydrogen-bond acceptors (Lipinski definition) is 5. The van der Waals surface area contributed by atoms with Gasteiger partial charge in [-0.3, -0.25) is 9.59 Å². The summed E-state index contributed by atoms with van der Waals surface area (Å²) in [7, 11) is -2.07. The van der Waals surface area contributed by atoms with Crippen molar-refractivity contribution in [3.63, 3.8) is 0 Å². The molecule has 9 heteroatoms. The predicted octanol–water partition coefficient (Wildman–Crippen LogP) is -0.759. The Morgan fingerprint density at radius 3 is 2.80 bits per heavy atom. The van der Waals surface area contributed by atoms with Gasteiger partial charge >= 0.3 is 0 Å². The number of benzene rings is 1. The first kappa shape index (κ1) is 17.8. The summed E-state index contributed by atoms with van der Waals surface area (Å²) in [5.41, 5.74) is 0.330. The summed E-state index contributed by atoms with van der Waals surface area (Å²) in [5.74, 6) is -0.530. The molecular weight excluding hydrogens is 344 g/mol. The van der Waals surface area contributed by atoms with E-state index in [1.165, 1.54) is 12.1 Å². The van der Waals surface area contributed by atoms with E-state index in [4.69, 9.17) is 0 Å². The number of amides is 2. The molecule has 1 atom stereocenters. The Hall–Kier alpha value is -1.97. The van der Waals surface area contributed by atoms with Gasteiger partial charge in [-0.05, 0) is 31.2 Å². The monoisotopic (exact) mass is 366 g/mol. The van der Waals surface area contributed by atoms with Crippen LogP contribution in [0.2, 0.25) is 0 Å². The third kappa shape index (κ3) is 3.68. The number of nitrogens with one attached hydrogen (secondary N) is 2. The maximum Gasteiger partial charge on any atom is 0.253 e. The van der Waals surface area contributed by atoms with Gasteiger partial charge in [0.05, 0.1) is 11.4 Å².